The molecule has 7 nitrogen and oxygen atoms in total. The average Bonchev–Trinajstić information content (AvgIpc) is 2.67. The summed E-state index contributed by atoms with van der Waals surface area (Å²) in [6, 6.07) is 12.6. The molecule has 3 rings (SSSR count). The van der Waals surface area contributed by atoms with E-state index >= 15 is 0 Å². The summed E-state index contributed by atoms with van der Waals surface area (Å²) >= 11 is 0. The fraction of sp³-hybridized carbons (Fsp3) is 0.238. The van der Waals surface area contributed by atoms with Gasteiger partial charge < -0.3 is 10.2 Å². The van der Waals surface area contributed by atoms with E-state index in [2.05, 4.69) is 10.4 Å². The van der Waals surface area contributed by atoms with Crippen LogP contribution in [0.2, 0.25) is 0 Å². The van der Waals surface area contributed by atoms with E-state index in [0.29, 0.717) is 10.8 Å². The van der Waals surface area contributed by atoms with Crippen molar-refractivity contribution in [1.29, 1.82) is 0 Å². The maximum absolute atomic E-state index is 12.9. The Labute approximate surface area is 162 Å². The van der Waals surface area contributed by atoms with Gasteiger partial charge in [0.1, 0.15) is 0 Å². The van der Waals surface area contributed by atoms with Crippen molar-refractivity contribution in [1.82, 2.24) is 14.7 Å². The molecule has 0 radical (unpaired) electrons. The molecule has 2 amide bonds. The molecule has 0 spiro atoms. The van der Waals surface area contributed by atoms with E-state index in [0.717, 1.165) is 21.5 Å². The first kappa shape index (κ1) is 19.3. The fourth-order valence-electron chi connectivity index (χ4n) is 3.12. The third kappa shape index (κ3) is 3.64. The van der Waals surface area contributed by atoms with Crippen molar-refractivity contribution in [2.24, 2.45) is 7.05 Å². The molecule has 0 aliphatic rings. The molecule has 0 bridgehead atoms. The Hall–Kier alpha value is -3.48. The number of likely N-dealkylation sites (N-methyl/N-ethyl adjacent to an activating group) is 1. The van der Waals surface area contributed by atoms with Gasteiger partial charge in [0.05, 0.1) is 11.9 Å². The lowest BCUT2D eigenvalue weighted by molar-refractivity contribution is -0.116. The second-order valence-electron chi connectivity index (χ2n) is 6.80. The van der Waals surface area contributed by atoms with Crippen LogP contribution < -0.4 is 10.9 Å². The number of aryl methyl sites for hydroxylation is 3. The van der Waals surface area contributed by atoms with Crippen molar-refractivity contribution in [3.05, 3.63) is 69.6 Å². The van der Waals surface area contributed by atoms with E-state index in [-0.39, 0.29) is 23.7 Å². The third-order valence-corrected chi connectivity index (χ3v) is 4.63. The molecule has 1 aromatic heterocycles. The largest absolute Gasteiger partial charge is 0.331 e. The normalized spacial score (nSPS) is 10.7. The first-order chi connectivity index (χ1) is 13.3. The zero-order valence-electron chi connectivity index (χ0n) is 16.3. The highest BCUT2D eigenvalue weighted by molar-refractivity contribution is 6.06. The number of nitrogens with zero attached hydrogens (tertiary/aromatic N) is 3. The number of benzene rings is 2. The Morgan fingerprint density at radius 3 is 2.29 bits per heavy atom. The van der Waals surface area contributed by atoms with E-state index < -0.39 is 5.91 Å². The predicted molar refractivity (Wildman–Crippen MR) is 108 cm³/mol. The van der Waals surface area contributed by atoms with Crippen LogP contribution in [0, 0.1) is 13.8 Å². The standard InChI is InChI=1S/C21H22N4O3/c1-13-8-7-9-14(2)18(13)22-17(26)12-24(3)21(28)19-15-10-5-6-11-16(15)20(27)25(4)23-19/h5-11H,12H2,1-4H3,(H,22,26). The fourth-order valence-corrected chi connectivity index (χ4v) is 3.12. The molecule has 0 aliphatic heterocycles. The summed E-state index contributed by atoms with van der Waals surface area (Å²) < 4.78 is 1.14. The highest BCUT2D eigenvalue weighted by Gasteiger charge is 2.21. The van der Waals surface area contributed by atoms with Gasteiger partial charge in [-0.2, -0.15) is 5.10 Å². The zero-order chi connectivity index (χ0) is 20.4. The smallest absolute Gasteiger partial charge is 0.275 e. The highest BCUT2D eigenvalue weighted by Crippen LogP contribution is 2.19. The molecule has 7 heteroatoms. The van der Waals surface area contributed by atoms with Crippen LogP contribution in [0.3, 0.4) is 0 Å². The van der Waals surface area contributed by atoms with Crippen LogP contribution in [-0.4, -0.2) is 40.1 Å². The Kier molecular flexibility index (Phi) is 5.26. The topological polar surface area (TPSA) is 84.3 Å². The molecule has 0 saturated heterocycles. The van der Waals surface area contributed by atoms with Gasteiger partial charge >= 0.3 is 0 Å². The Morgan fingerprint density at radius 1 is 1.04 bits per heavy atom. The molecule has 2 aromatic carbocycles. The number of carbonyl (C=O) groups is 2. The summed E-state index contributed by atoms with van der Waals surface area (Å²) in [5.74, 6) is -0.731. The highest BCUT2D eigenvalue weighted by atomic mass is 16.2. The Morgan fingerprint density at radius 2 is 1.64 bits per heavy atom. The van der Waals surface area contributed by atoms with Gasteiger partial charge in [-0.15, -0.1) is 0 Å². The number of nitrogens with one attached hydrogen (secondary N) is 1. The molecule has 0 aliphatic carbocycles. The van der Waals surface area contributed by atoms with E-state index in [4.69, 9.17) is 0 Å². The summed E-state index contributed by atoms with van der Waals surface area (Å²) in [4.78, 5) is 38.9. The second kappa shape index (κ2) is 7.64. The number of anilines is 1. The number of hydrogen-bond acceptors (Lipinski definition) is 4. The Bertz CT molecular complexity index is 1110. The number of fused-ring (bicyclic) bond motifs is 1. The van der Waals surface area contributed by atoms with Crippen LogP contribution >= 0.6 is 0 Å². The molecule has 0 unspecified atom stereocenters. The molecule has 1 heterocycles. The lowest BCUT2D eigenvalue weighted by Crippen LogP contribution is -2.37. The molecule has 28 heavy (non-hydrogen) atoms. The van der Waals surface area contributed by atoms with Crippen LogP contribution in [0.4, 0.5) is 5.69 Å². The maximum Gasteiger partial charge on any atom is 0.275 e. The van der Waals surface area contributed by atoms with E-state index in [9.17, 15) is 14.4 Å². The van der Waals surface area contributed by atoms with Crippen LogP contribution in [0.25, 0.3) is 10.8 Å². The lowest BCUT2D eigenvalue weighted by atomic mass is 10.1. The molecule has 0 saturated carbocycles. The van der Waals surface area contributed by atoms with Gasteiger partial charge in [0.2, 0.25) is 5.91 Å². The summed E-state index contributed by atoms with van der Waals surface area (Å²) in [7, 11) is 3.04. The van der Waals surface area contributed by atoms with Crippen LogP contribution in [0.5, 0.6) is 0 Å². The van der Waals surface area contributed by atoms with Gasteiger partial charge in [0.15, 0.2) is 5.69 Å². The quantitative estimate of drug-likeness (QED) is 0.755. The van der Waals surface area contributed by atoms with Crippen molar-refractivity contribution >= 4 is 28.3 Å². The van der Waals surface area contributed by atoms with Crippen molar-refractivity contribution in [3.8, 4) is 0 Å². The number of para-hydroxylation sites is 1. The van der Waals surface area contributed by atoms with Gasteiger partial charge in [0, 0.05) is 25.2 Å². The Balaban J connectivity index is 1.84. The van der Waals surface area contributed by atoms with Crippen molar-refractivity contribution in [2.45, 2.75) is 13.8 Å². The SMILES string of the molecule is Cc1cccc(C)c1NC(=O)CN(C)C(=O)c1nn(C)c(=O)c2ccccc12. The first-order valence-corrected chi connectivity index (χ1v) is 8.87. The molecule has 0 fully saturated rings. The van der Waals surface area contributed by atoms with E-state index in [1.54, 1.807) is 24.3 Å². The van der Waals surface area contributed by atoms with Gasteiger partial charge in [-0.05, 0) is 31.0 Å². The minimum atomic E-state index is -0.427. The number of rotatable bonds is 4. The summed E-state index contributed by atoms with van der Waals surface area (Å²) in [5.41, 5.74) is 2.52. The zero-order valence-corrected chi connectivity index (χ0v) is 16.3. The number of hydrogen-bond donors (Lipinski definition) is 1. The van der Waals surface area contributed by atoms with Crippen LogP contribution in [-0.2, 0) is 11.8 Å². The van der Waals surface area contributed by atoms with Gasteiger partial charge in [0.25, 0.3) is 11.5 Å². The molecular weight excluding hydrogens is 356 g/mol. The predicted octanol–water partition coefficient (Wildman–Crippen LogP) is 2.26. The number of amides is 2. The van der Waals surface area contributed by atoms with E-state index in [1.165, 1.54) is 19.0 Å². The van der Waals surface area contributed by atoms with Crippen molar-refractivity contribution < 1.29 is 9.59 Å². The van der Waals surface area contributed by atoms with Gasteiger partial charge in [-0.3, -0.25) is 14.4 Å². The van der Waals surface area contributed by atoms with Crippen LogP contribution in [0.1, 0.15) is 21.6 Å². The molecule has 144 valence electrons. The minimum absolute atomic E-state index is 0.133. The lowest BCUT2D eigenvalue weighted by Gasteiger charge is -2.18. The average molecular weight is 378 g/mol. The minimum Gasteiger partial charge on any atom is -0.331 e. The maximum atomic E-state index is 12.9. The molecule has 3 aromatic rings. The van der Waals surface area contributed by atoms with Crippen LogP contribution in [0.15, 0.2) is 47.3 Å². The molecule has 1 N–H and O–H groups in total. The van der Waals surface area contributed by atoms with Crippen molar-refractivity contribution in [3.63, 3.8) is 0 Å². The van der Waals surface area contributed by atoms with Crippen molar-refractivity contribution in [2.75, 3.05) is 18.9 Å². The second-order valence-corrected chi connectivity index (χ2v) is 6.80. The summed E-state index contributed by atoms with van der Waals surface area (Å²) in [6.45, 7) is 3.70. The van der Waals surface area contributed by atoms with Gasteiger partial charge in [-0.25, -0.2) is 4.68 Å². The summed E-state index contributed by atoms with van der Waals surface area (Å²) in [5, 5.41) is 7.87. The number of aromatic nitrogens is 2. The van der Waals surface area contributed by atoms with E-state index in [1.807, 2.05) is 32.0 Å². The third-order valence-electron chi connectivity index (χ3n) is 4.63. The summed E-state index contributed by atoms with van der Waals surface area (Å²) in [6.07, 6.45) is 0. The first-order valence-electron chi connectivity index (χ1n) is 8.87. The monoisotopic (exact) mass is 378 g/mol. The van der Waals surface area contributed by atoms with Gasteiger partial charge in [-0.1, -0.05) is 36.4 Å². The molecular formula is C21H22N4O3. The number of carbonyl (C=O) groups excluding carboxylic acids is 2. The molecule has 0 atom stereocenters.